The van der Waals surface area contributed by atoms with Crippen LogP contribution >= 0.6 is 0 Å². The van der Waals surface area contributed by atoms with Gasteiger partial charge in [0, 0.05) is 18.0 Å². The van der Waals surface area contributed by atoms with Gasteiger partial charge in [-0.2, -0.15) is 0 Å². The van der Waals surface area contributed by atoms with Crippen molar-refractivity contribution in [1.29, 1.82) is 0 Å². The molecule has 6 heteroatoms. The first kappa shape index (κ1) is 16.7. The van der Waals surface area contributed by atoms with E-state index in [2.05, 4.69) is 27.2 Å². The standard InChI is InChI=1S/C19H20N4O2/c1-3-15(14-5-4-8-20-10-14)22-19-12-21-11-16(23-19)13-6-7-17(24)18(9-13)25-2/h4-12,15,24H,3H2,1-2H3,(H,22,23). The lowest BCUT2D eigenvalue weighted by molar-refractivity contribution is 0.373. The molecule has 128 valence electrons. The molecule has 25 heavy (non-hydrogen) atoms. The zero-order valence-electron chi connectivity index (χ0n) is 14.2. The van der Waals surface area contributed by atoms with Gasteiger partial charge in [-0.15, -0.1) is 0 Å². The average molecular weight is 336 g/mol. The van der Waals surface area contributed by atoms with Crippen molar-refractivity contribution in [2.75, 3.05) is 12.4 Å². The number of benzene rings is 1. The highest BCUT2D eigenvalue weighted by Crippen LogP contribution is 2.31. The Labute approximate surface area is 146 Å². The van der Waals surface area contributed by atoms with Crippen LogP contribution < -0.4 is 10.1 Å². The summed E-state index contributed by atoms with van der Waals surface area (Å²) in [5, 5.41) is 13.1. The molecule has 1 aromatic carbocycles. The van der Waals surface area contributed by atoms with E-state index in [1.165, 1.54) is 7.11 Å². The molecule has 1 unspecified atom stereocenters. The molecule has 3 rings (SSSR count). The van der Waals surface area contributed by atoms with Crippen molar-refractivity contribution in [2.24, 2.45) is 0 Å². The van der Waals surface area contributed by atoms with E-state index in [4.69, 9.17) is 4.74 Å². The zero-order chi connectivity index (χ0) is 17.6. The molecular formula is C19H20N4O2. The predicted molar refractivity (Wildman–Crippen MR) is 96.6 cm³/mol. The van der Waals surface area contributed by atoms with Gasteiger partial charge in [0.2, 0.25) is 0 Å². The lowest BCUT2D eigenvalue weighted by Crippen LogP contribution is -2.11. The van der Waals surface area contributed by atoms with Gasteiger partial charge >= 0.3 is 0 Å². The van der Waals surface area contributed by atoms with Crippen molar-refractivity contribution in [3.05, 3.63) is 60.7 Å². The summed E-state index contributed by atoms with van der Waals surface area (Å²) in [5.74, 6) is 1.18. The first-order valence-corrected chi connectivity index (χ1v) is 8.07. The number of phenolic OH excluding ortho intramolecular Hbond substituents is 1. The monoisotopic (exact) mass is 336 g/mol. The summed E-state index contributed by atoms with van der Waals surface area (Å²) >= 11 is 0. The van der Waals surface area contributed by atoms with E-state index >= 15 is 0 Å². The third-order valence-corrected chi connectivity index (χ3v) is 3.93. The second-order valence-corrected chi connectivity index (χ2v) is 5.57. The van der Waals surface area contributed by atoms with E-state index in [-0.39, 0.29) is 11.8 Å². The minimum Gasteiger partial charge on any atom is -0.504 e. The highest BCUT2D eigenvalue weighted by atomic mass is 16.5. The van der Waals surface area contributed by atoms with Crippen LogP contribution in [0.4, 0.5) is 5.82 Å². The van der Waals surface area contributed by atoms with Crippen molar-refractivity contribution in [1.82, 2.24) is 15.0 Å². The molecule has 0 amide bonds. The smallest absolute Gasteiger partial charge is 0.161 e. The molecule has 0 bridgehead atoms. The minimum atomic E-state index is 0.0936. The molecule has 0 radical (unpaired) electrons. The Morgan fingerprint density at radius 2 is 2.04 bits per heavy atom. The van der Waals surface area contributed by atoms with Crippen molar-refractivity contribution in [3.8, 4) is 22.8 Å². The summed E-state index contributed by atoms with van der Waals surface area (Å²) in [4.78, 5) is 13.1. The fourth-order valence-corrected chi connectivity index (χ4v) is 2.59. The Bertz CT molecular complexity index is 840. The summed E-state index contributed by atoms with van der Waals surface area (Å²) in [5.41, 5.74) is 2.62. The number of ether oxygens (including phenoxy) is 1. The Morgan fingerprint density at radius 1 is 1.16 bits per heavy atom. The lowest BCUT2D eigenvalue weighted by atomic mass is 10.1. The topological polar surface area (TPSA) is 80.2 Å². The molecule has 0 aliphatic carbocycles. The van der Waals surface area contributed by atoms with E-state index in [9.17, 15) is 5.11 Å². The van der Waals surface area contributed by atoms with Crippen molar-refractivity contribution >= 4 is 5.82 Å². The molecule has 0 fully saturated rings. The van der Waals surface area contributed by atoms with Crippen molar-refractivity contribution < 1.29 is 9.84 Å². The van der Waals surface area contributed by atoms with E-state index in [0.717, 1.165) is 17.5 Å². The highest BCUT2D eigenvalue weighted by molar-refractivity contribution is 5.64. The number of phenols is 1. The van der Waals surface area contributed by atoms with Crippen LogP contribution in [0, 0.1) is 0 Å². The maximum absolute atomic E-state index is 9.73. The van der Waals surface area contributed by atoms with Crippen LogP contribution in [0.5, 0.6) is 11.5 Å². The second kappa shape index (κ2) is 7.61. The van der Waals surface area contributed by atoms with E-state index in [1.807, 2.05) is 18.3 Å². The van der Waals surface area contributed by atoms with Gasteiger partial charge in [-0.05, 0) is 36.2 Å². The van der Waals surface area contributed by atoms with Gasteiger partial charge in [-0.1, -0.05) is 13.0 Å². The van der Waals surface area contributed by atoms with Crippen LogP contribution in [0.15, 0.2) is 55.1 Å². The molecule has 6 nitrogen and oxygen atoms in total. The van der Waals surface area contributed by atoms with Gasteiger partial charge in [-0.25, -0.2) is 4.98 Å². The largest absolute Gasteiger partial charge is 0.504 e. The van der Waals surface area contributed by atoms with E-state index < -0.39 is 0 Å². The fourth-order valence-electron chi connectivity index (χ4n) is 2.59. The summed E-state index contributed by atoms with van der Waals surface area (Å²) in [6.07, 6.45) is 7.88. The minimum absolute atomic E-state index is 0.0936. The Hall–Kier alpha value is -3.15. The molecular weight excluding hydrogens is 316 g/mol. The number of nitrogens with one attached hydrogen (secondary N) is 1. The summed E-state index contributed by atoms with van der Waals surface area (Å²) in [6, 6.07) is 9.17. The predicted octanol–water partition coefficient (Wildman–Crippen LogP) is 3.82. The number of hydrogen-bond acceptors (Lipinski definition) is 6. The highest BCUT2D eigenvalue weighted by Gasteiger charge is 2.12. The van der Waals surface area contributed by atoms with Gasteiger partial charge < -0.3 is 15.2 Å². The normalized spacial score (nSPS) is 11.8. The summed E-state index contributed by atoms with van der Waals surface area (Å²) in [7, 11) is 1.52. The van der Waals surface area contributed by atoms with Gasteiger partial charge in [-0.3, -0.25) is 9.97 Å². The SMILES string of the molecule is CCC(Nc1cncc(-c2ccc(O)c(OC)c2)n1)c1cccnc1. The maximum atomic E-state index is 9.73. The van der Waals surface area contributed by atoms with Crippen molar-refractivity contribution in [3.63, 3.8) is 0 Å². The molecule has 0 aliphatic heterocycles. The van der Waals surface area contributed by atoms with Crippen molar-refractivity contribution in [2.45, 2.75) is 19.4 Å². The molecule has 0 aliphatic rings. The Kier molecular flexibility index (Phi) is 5.09. The number of pyridine rings is 1. The van der Waals surface area contributed by atoms with Gasteiger partial charge in [0.25, 0.3) is 0 Å². The van der Waals surface area contributed by atoms with E-state index in [1.54, 1.807) is 36.8 Å². The molecule has 0 saturated carbocycles. The van der Waals surface area contributed by atoms with Crippen LogP contribution in [0.3, 0.4) is 0 Å². The van der Waals surface area contributed by atoms with Crippen LogP contribution in [0.2, 0.25) is 0 Å². The fraction of sp³-hybridized carbons (Fsp3) is 0.211. The number of aromatic hydroxyl groups is 1. The third kappa shape index (κ3) is 3.85. The zero-order valence-corrected chi connectivity index (χ0v) is 14.2. The number of methoxy groups -OCH3 is 1. The first-order valence-electron chi connectivity index (χ1n) is 8.07. The Morgan fingerprint density at radius 3 is 2.76 bits per heavy atom. The van der Waals surface area contributed by atoms with Crippen LogP contribution in [-0.2, 0) is 0 Å². The molecule has 0 spiro atoms. The van der Waals surface area contributed by atoms with Gasteiger partial charge in [0.05, 0.1) is 31.2 Å². The maximum Gasteiger partial charge on any atom is 0.161 e. The molecule has 0 saturated heterocycles. The molecule has 1 atom stereocenters. The summed E-state index contributed by atoms with van der Waals surface area (Å²) in [6.45, 7) is 2.10. The molecule has 2 N–H and O–H groups in total. The van der Waals surface area contributed by atoms with Gasteiger partial charge in [0.15, 0.2) is 11.5 Å². The number of aromatic nitrogens is 3. The quantitative estimate of drug-likeness (QED) is 0.712. The third-order valence-electron chi connectivity index (χ3n) is 3.93. The molecule has 2 aromatic heterocycles. The second-order valence-electron chi connectivity index (χ2n) is 5.57. The summed E-state index contributed by atoms with van der Waals surface area (Å²) < 4.78 is 5.16. The number of anilines is 1. The molecule has 2 heterocycles. The van der Waals surface area contributed by atoms with Crippen LogP contribution in [0.1, 0.15) is 24.9 Å². The first-order chi connectivity index (χ1) is 12.2. The lowest BCUT2D eigenvalue weighted by Gasteiger charge is -2.18. The van der Waals surface area contributed by atoms with Crippen LogP contribution in [-0.4, -0.2) is 27.2 Å². The average Bonchev–Trinajstić information content (AvgIpc) is 2.67. The van der Waals surface area contributed by atoms with Crippen LogP contribution in [0.25, 0.3) is 11.3 Å². The number of nitrogens with zero attached hydrogens (tertiary/aromatic N) is 3. The van der Waals surface area contributed by atoms with E-state index in [0.29, 0.717) is 17.3 Å². The van der Waals surface area contributed by atoms with Gasteiger partial charge in [0.1, 0.15) is 5.82 Å². The number of hydrogen-bond donors (Lipinski definition) is 2. The number of rotatable bonds is 6. The Balaban J connectivity index is 1.86. The molecule has 3 aromatic rings.